The van der Waals surface area contributed by atoms with Crippen LogP contribution in [0.3, 0.4) is 0 Å². The number of hydrogen-bond donors (Lipinski definition) is 1. The van der Waals surface area contributed by atoms with E-state index >= 15 is 0 Å². The number of halogens is 1. The standard InChI is InChI=1S/C31H38FN3O6S/c1-6-41-28-15-17-29(18-16-28)42(38,39)35(26-11-9-25(32)10-12-26)21-30(36)34(23(4)31(37)33-19-22(2)3)20-24-7-13-27(40-5)14-8-24/h7-18,22-23H,6,19-21H2,1-5H3,(H,33,37). The SMILES string of the molecule is CCOc1ccc(S(=O)(=O)N(CC(=O)N(Cc2ccc(OC)cc2)C(C)C(=O)NCC(C)C)c2ccc(F)cc2)cc1. The third kappa shape index (κ3) is 8.45. The summed E-state index contributed by atoms with van der Waals surface area (Å²) in [7, 11) is -2.74. The van der Waals surface area contributed by atoms with Crippen molar-refractivity contribution in [1.82, 2.24) is 10.2 Å². The molecule has 0 aliphatic carbocycles. The van der Waals surface area contributed by atoms with Crippen molar-refractivity contribution in [2.24, 2.45) is 5.92 Å². The van der Waals surface area contributed by atoms with Gasteiger partial charge in [0.15, 0.2) is 0 Å². The van der Waals surface area contributed by atoms with Gasteiger partial charge in [-0.2, -0.15) is 0 Å². The maximum atomic E-state index is 13.9. The molecule has 0 radical (unpaired) electrons. The van der Waals surface area contributed by atoms with E-state index in [1.54, 1.807) is 38.3 Å². The second-order valence-electron chi connectivity index (χ2n) is 10.1. The van der Waals surface area contributed by atoms with E-state index in [1.807, 2.05) is 20.8 Å². The van der Waals surface area contributed by atoms with Crippen molar-refractivity contribution in [3.05, 3.63) is 84.2 Å². The molecule has 0 aromatic heterocycles. The van der Waals surface area contributed by atoms with Crippen LogP contribution in [-0.4, -0.2) is 58.0 Å². The van der Waals surface area contributed by atoms with Crippen molar-refractivity contribution < 1.29 is 31.9 Å². The molecule has 3 rings (SSSR count). The van der Waals surface area contributed by atoms with Gasteiger partial charge in [-0.05, 0) is 86.0 Å². The fourth-order valence-electron chi connectivity index (χ4n) is 4.10. The van der Waals surface area contributed by atoms with Crippen molar-refractivity contribution in [3.8, 4) is 11.5 Å². The third-order valence-corrected chi connectivity index (χ3v) is 8.27. The van der Waals surface area contributed by atoms with Gasteiger partial charge in [-0.1, -0.05) is 26.0 Å². The van der Waals surface area contributed by atoms with E-state index in [4.69, 9.17) is 9.47 Å². The molecule has 3 aromatic carbocycles. The molecule has 42 heavy (non-hydrogen) atoms. The maximum Gasteiger partial charge on any atom is 0.264 e. The lowest BCUT2D eigenvalue weighted by atomic mass is 10.1. The average Bonchev–Trinajstić information content (AvgIpc) is 2.98. The number of methoxy groups -OCH3 is 1. The van der Waals surface area contributed by atoms with Gasteiger partial charge in [-0.15, -0.1) is 0 Å². The Hall–Kier alpha value is -4.12. The summed E-state index contributed by atoms with van der Waals surface area (Å²) in [5, 5.41) is 2.85. The van der Waals surface area contributed by atoms with E-state index < -0.39 is 34.3 Å². The van der Waals surface area contributed by atoms with Gasteiger partial charge in [-0.3, -0.25) is 13.9 Å². The zero-order valence-corrected chi connectivity index (χ0v) is 25.4. The molecule has 1 unspecified atom stereocenters. The number of hydrogen-bond acceptors (Lipinski definition) is 6. The van der Waals surface area contributed by atoms with Crippen LogP contribution < -0.4 is 19.1 Å². The summed E-state index contributed by atoms with van der Waals surface area (Å²) < 4.78 is 53.1. The Morgan fingerprint density at radius 1 is 0.905 bits per heavy atom. The molecule has 11 heteroatoms. The van der Waals surface area contributed by atoms with Crippen LogP contribution >= 0.6 is 0 Å². The van der Waals surface area contributed by atoms with Gasteiger partial charge < -0.3 is 19.7 Å². The Kier molecular flexibility index (Phi) is 11.3. The van der Waals surface area contributed by atoms with Crippen LogP contribution in [0.2, 0.25) is 0 Å². The average molecular weight is 600 g/mol. The fourth-order valence-corrected chi connectivity index (χ4v) is 5.51. The van der Waals surface area contributed by atoms with Gasteiger partial charge in [-0.25, -0.2) is 12.8 Å². The summed E-state index contributed by atoms with van der Waals surface area (Å²) in [4.78, 5) is 28.3. The molecule has 1 N–H and O–H groups in total. The quantitative estimate of drug-likeness (QED) is 0.290. The highest BCUT2D eigenvalue weighted by Gasteiger charge is 2.32. The highest BCUT2D eigenvalue weighted by molar-refractivity contribution is 7.92. The van der Waals surface area contributed by atoms with Gasteiger partial charge in [0.25, 0.3) is 10.0 Å². The molecule has 0 bridgehead atoms. The number of nitrogens with zero attached hydrogens (tertiary/aromatic N) is 2. The summed E-state index contributed by atoms with van der Waals surface area (Å²) in [6, 6.07) is 16.8. The minimum atomic E-state index is -4.29. The molecule has 0 fully saturated rings. The Bertz CT molecular complexity index is 1430. The maximum absolute atomic E-state index is 13.9. The molecule has 2 amide bonds. The summed E-state index contributed by atoms with van der Waals surface area (Å²) in [5.74, 6) is -0.221. The zero-order chi connectivity index (χ0) is 30.9. The molecule has 0 aliphatic heterocycles. The number of nitrogens with one attached hydrogen (secondary N) is 1. The molecule has 1 atom stereocenters. The number of ether oxygens (including phenoxy) is 2. The molecule has 3 aromatic rings. The Morgan fingerprint density at radius 3 is 2.05 bits per heavy atom. The first-order valence-corrected chi connectivity index (χ1v) is 15.1. The van der Waals surface area contributed by atoms with Crippen molar-refractivity contribution in [2.45, 2.75) is 45.2 Å². The normalized spacial score (nSPS) is 12.0. The second kappa shape index (κ2) is 14.7. The van der Waals surface area contributed by atoms with Crippen molar-refractivity contribution in [2.75, 3.05) is 31.1 Å². The van der Waals surface area contributed by atoms with Crippen LogP contribution in [0, 0.1) is 11.7 Å². The number of carbonyl (C=O) groups is 2. The summed E-state index contributed by atoms with van der Waals surface area (Å²) >= 11 is 0. The van der Waals surface area contributed by atoms with E-state index in [1.165, 1.54) is 41.3 Å². The lowest BCUT2D eigenvalue weighted by Gasteiger charge is -2.32. The lowest BCUT2D eigenvalue weighted by Crippen LogP contribution is -2.51. The Balaban J connectivity index is 2.00. The highest BCUT2D eigenvalue weighted by atomic mass is 32.2. The van der Waals surface area contributed by atoms with Crippen molar-refractivity contribution >= 4 is 27.5 Å². The van der Waals surface area contributed by atoms with Crippen LogP contribution in [-0.2, 0) is 26.2 Å². The molecule has 0 saturated heterocycles. The van der Waals surface area contributed by atoms with Gasteiger partial charge in [0.2, 0.25) is 11.8 Å². The monoisotopic (exact) mass is 599 g/mol. The fraction of sp³-hybridized carbons (Fsp3) is 0.355. The smallest absolute Gasteiger partial charge is 0.264 e. The lowest BCUT2D eigenvalue weighted by molar-refractivity contribution is -0.139. The number of carbonyl (C=O) groups excluding carboxylic acids is 2. The number of anilines is 1. The molecular weight excluding hydrogens is 561 g/mol. The highest BCUT2D eigenvalue weighted by Crippen LogP contribution is 2.26. The minimum absolute atomic E-state index is 0.0411. The van der Waals surface area contributed by atoms with Crippen LogP contribution in [0.5, 0.6) is 11.5 Å². The van der Waals surface area contributed by atoms with Gasteiger partial charge in [0.05, 0.1) is 24.3 Å². The Labute approximate surface area is 247 Å². The van der Waals surface area contributed by atoms with E-state index in [0.717, 1.165) is 22.0 Å². The largest absolute Gasteiger partial charge is 0.497 e. The predicted molar refractivity (Wildman–Crippen MR) is 159 cm³/mol. The number of amides is 2. The van der Waals surface area contributed by atoms with E-state index in [0.29, 0.717) is 24.7 Å². The molecule has 0 aliphatic rings. The molecular formula is C31H38FN3O6S. The summed E-state index contributed by atoms with van der Waals surface area (Å²) in [5.41, 5.74) is 0.815. The van der Waals surface area contributed by atoms with Crippen LogP contribution in [0.1, 0.15) is 33.3 Å². The second-order valence-corrected chi connectivity index (χ2v) is 11.9. The first kappa shape index (κ1) is 32.4. The van der Waals surface area contributed by atoms with Crippen molar-refractivity contribution in [3.63, 3.8) is 0 Å². The van der Waals surface area contributed by atoms with Crippen LogP contribution in [0.4, 0.5) is 10.1 Å². The topological polar surface area (TPSA) is 105 Å². The minimum Gasteiger partial charge on any atom is -0.497 e. The molecule has 9 nitrogen and oxygen atoms in total. The van der Waals surface area contributed by atoms with Gasteiger partial charge in [0.1, 0.15) is 29.9 Å². The van der Waals surface area contributed by atoms with Gasteiger partial charge in [0, 0.05) is 13.1 Å². The van der Waals surface area contributed by atoms with E-state index in [9.17, 15) is 22.4 Å². The van der Waals surface area contributed by atoms with Crippen molar-refractivity contribution in [1.29, 1.82) is 0 Å². The predicted octanol–water partition coefficient (Wildman–Crippen LogP) is 4.62. The van der Waals surface area contributed by atoms with E-state index in [-0.39, 0.29) is 29.0 Å². The summed E-state index contributed by atoms with van der Waals surface area (Å²) in [6.07, 6.45) is 0. The first-order valence-electron chi connectivity index (χ1n) is 13.7. The number of benzene rings is 3. The number of rotatable bonds is 14. The third-order valence-electron chi connectivity index (χ3n) is 6.48. The molecule has 0 saturated carbocycles. The van der Waals surface area contributed by atoms with Gasteiger partial charge >= 0.3 is 0 Å². The molecule has 226 valence electrons. The molecule has 0 heterocycles. The Morgan fingerprint density at radius 2 is 1.50 bits per heavy atom. The zero-order valence-electron chi connectivity index (χ0n) is 24.5. The molecule has 0 spiro atoms. The first-order chi connectivity index (χ1) is 20.0. The van der Waals surface area contributed by atoms with Crippen LogP contribution in [0.25, 0.3) is 0 Å². The van der Waals surface area contributed by atoms with E-state index in [2.05, 4.69) is 5.32 Å². The summed E-state index contributed by atoms with van der Waals surface area (Å²) in [6.45, 7) is 7.57. The van der Waals surface area contributed by atoms with Crippen LogP contribution in [0.15, 0.2) is 77.7 Å². The number of sulfonamides is 1.